The van der Waals surface area contributed by atoms with Crippen molar-refractivity contribution in [2.24, 2.45) is 5.73 Å². The smallest absolute Gasteiger partial charge is 0.248 e. The summed E-state index contributed by atoms with van der Waals surface area (Å²) in [7, 11) is 1.84. The van der Waals surface area contributed by atoms with E-state index < -0.39 is 5.91 Å². The third-order valence-corrected chi connectivity index (χ3v) is 6.00. The molecule has 9 nitrogen and oxygen atoms in total. The molecule has 2 aromatic heterocycles. The van der Waals surface area contributed by atoms with Gasteiger partial charge in [0, 0.05) is 62.4 Å². The monoisotopic (exact) mass is 436 g/mol. The highest BCUT2D eigenvalue weighted by molar-refractivity contribution is 5.97. The van der Waals surface area contributed by atoms with E-state index in [4.69, 9.17) is 10.5 Å². The van der Waals surface area contributed by atoms with Gasteiger partial charge in [-0.15, -0.1) is 0 Å². The molecule has 0 aliphatic carbocycles. The van der Waals surface area contributed by atoms with Crippen LogP contribution in [0.2, 0.25) is 0 Å². The molecule has 0 radical (unpaired) electrons. The molecule has 3 heterocycles. The molecular weight excluding hydrogens is 408 g/mol. The van der Waals surface area contributed by atoms with E-state index in [2.05, 4.69) is 14.9 Å². The Balaban J connectivity index is 1.23. The van der Waals surface area contributed by atoms with Crippen molar-refractivity contribution in [2.45, 2.75) is 25.4 Å². The van der Waals surface area contributed by atoms with Crippen LogP contribution >= 0.6 is 0 Å². The van der Waals surface area contributed by atoms with E-state index >= 15 is 0 Å². The number of aromatic nitrogens is 3. The summed E-state index contributed by atoms with van der Waals surface area (Å²) in [6.45, 7) is 2.67. The van der Waals surface area contributed by atoms with E-state index in [1.807, 2.05) is 29.9 Å². The molecule has 1 saturated heterocycles. The predicted molar refractivity (Wildman–Crippen MR) is 121 cm³/mol. The average molecular weight is 437 g/mol. The molecule has 1 aromatic carbocycles. The van der Waals surface area contributed by atoms with Crippen LogP contribution in [0.4, 0.5) is 5.95 Å². The van der Waals surface area contributed by atoms with Gasteiger partial charge >= 0.3 is 0 Å². The van der Waals surface area contributed by atoms with Crippen molar-refractivity contribution in [3.05, 3.63) is 54.5 Å². The number of ether oxygens (including phenoxy) is 1. The summed E-state index contributed by atoms with van der Waals surface area (Å²) in [6.07, 6.45) is 7.18. The van der Waals surface area contributed by atoms with Crippen LogP contribution in [0.25, 0.3) is 10.9 Å². The first kappa shape index (κ1) is 21.8. The van der Waals surface area contributed by atoms with Crippen LogP contribution in [0.1, 0.15) is 23.2 Å². The van der Waals surface area contributed by atoms with Crippen LogP contribution in [0.3, 0.4) is 0 Å². The highest BCUT2D eigenvalue weighted by atomic mass is 16.5. The number of hydrogen-bond acceptors (Lipinski definition) is 6. The first-order chi connectivity index (χ1) is 15.5. The summed E-state index contributed by atoms with van der Waals surface area (Å²) in [5, 5.41) is 1.03. The van der Waals surface area contributed by atoms with E-state index in [9.17, 15) is 9.59 Å². The number of primary amides is 1. The molecule has 3 aromatic rings. The quantitative estimate of drug-likeness (QED) is 0.539. The molecule has 168 valence electrons. The van der Waals surface area contributed by atoms with E-state index in [0.29, 0.717) is 18.7 Å². The van der Waals surface area contributed by atoms with Gasteiger partial charge < -0.3 is 24.8 Å². The summed E-state index contributed by atoms with van der Waals surface area (Å²) in [5.74, 6) is 0.267. The maximum atomic E-state index is 12.6. The summed E-state index contributed by atoms with van der Waals surface area (Å²) in [5.41, 5.74) is 6.77. The van der Waals surface area contributed by atoms with Crippen molar-refractivity contribution in [2.75, 3.05) is 38.3 Å². The number of benzene rings is 1. The predicted octanol–water partition coefficient (Wildman–Crippen LogP) is 1.67. The van der Waals surface area contributed by atoms with Crippen molar-refractivity contribution in [1.29, 1.82) is 0 Å². The maximum Gasteiger partial charge on any atom is 0.248 e. The maximum absolute atomic E-state index is 12.6. The van der Waals surface area contributed by atoms with Crippen LogP contribution in [0.5, 0.6) is 0 Å². The number of carbonyl (C=O) groups is 2. The van der Waals surface area contributed by atoms with Gasteiger partial charge in [0.2, 0.25) is 17.8 Å². The summed E-state index contributed by atoms with van der Waals surface area (Å²) >= 11 is 0. The highest BCUT2D eigenvalue weighted by Gasteiger charge is 2.26. The molecular formula is C23H28N6O3. The molecule has 0 unspecified atom stereocenters. The van der Waals surface area contributed by atoms with E-state index in [-0.39, 0.29) is 18.6 Å². The Morgan fingerprint density at radius 1 is 1.19 bits per heavy atom. The summed E-state index contributed by atoms with van der Waals surface area (Å²) < 4.78 is 7.66. The number of rotatable bonds is 8. The van der Waals surface area contributed by atoms with Gasteiger partial charge in [-0.2, -0.15) is 0 Å². The number of likely N-dealkylation sites (N-methyl/N-ethyl adjacent to an activating group) is 1. The molecule has 0 bridgehead atoms. The second-order valence-electron chi connectivity index (χ2n) is 7.97. The molecule has 9 heteroatoms. The first-order valence-corrected chi connectivity index (χ1v) is 10.8. The Morgan fingerprint density at radius 3 is 2.66 bits per heavy atom. The fraction of sp³-hybridized carbons (Fsp3) is 0.391. The molecule has 1 aliphatic rings. The van der Waals surface area contributed by atoms with Crippen molar-refractivity contribution >= 4 is 28.7 Å². The molecule has 2 amide bonds. The minimum atomic E-state index is -0.452. The second kappa shape index (κ2) is 9.78. The van der Waals surface area contributed by atoms with Gasteiger partial charge in [-0.25, -0.2) is 9.97 Å². The molecule has 2 N–H and O–H groups in total. The van der Waals surface area contributed by atoms with Gasteiger partial charge in [0.25, 0.3) is 0 Å². The Labute approximate surface area is 186 Å². The number of carbonyl (C=O) groups excluding carboxylic acids is 2. The van der Waals surface area contributed by atoms with Gasteiger partial charge in [0.1, 0.15) is 6.61 Å². The Bertz CT molecular complexity index is 1080. The highest BCUT2D eigenvalue weighted by Crippen LogP contribution is 2.19. The number of anilines is 1. The summed E-state index contributed by atoms with van der Waals surface area (Å²) in [6, 6.07) is 9.35. The Hall–Kier alpha value is -3.46. The normalized spacial score (nSPS) is 14.6. The zero-order valence-corrected chi connectivity index (χ0v) is 18.2. The molecule has 32 heavy (non-hydrogen) atoms. The number of fused-ring (bicyclic) bond motifs is 1. The topological polar surface area (TPSA) is 107 Å². The van der Waals surface area contributed by atoms with Gasteiger partial charge in [0.05, 0.1) is 6.61 Å². The first-order valence-electron chi connectivity index (χ1n) is 10.8. The number of amides is 2. The zero-order valence-electron chi connectivity index (χ0n) is 18.2. The molecule has 0 atom stereocenters. The van der Waals surface area contributed by atoms with Gasteiger partial charge in [-0.05, 0) is 42.5 Å². The van der Waals surface area contributed by atoms with E-state index in [0.717, 1.165) is 42.8 Å². The SMILES string of the molecule is CN(C(=O)COCCn1ccc2ccc(C(N)=O)cc21)C1CCN(c2ncccn2)CC1. The standard InChI is InChI=1S/C23H28N6O3/c1-27(19-6-11-29(12-7-19)23-25-8-2-9-26-23)21(30)16-32-14-13-28-10-5-17-3-4-18(22(24)31)15-20(17)28/h2-5,8-10,15,19H,6-7,11-14,16H2,1H3,(H2,24,31). The fourth-order valence-electron chi connectivity index (χ4n) is 4.07. The van der Waals surface area contributed by atoms with Crippen LogP contribution in [-0.4, -0.2) is 70.6 Å². The molecule has 0 spiro atoms. The third kappa shape index (κ3) is 4.88. The lowest BCUT2D eigenvalue weighted by Crippen LogP contribution is -2.47. The molecule has 0 saturated carbocycles. The number of nitrogens with two attached hydrogens (primary N) is 1. The minimum Gasteiger partial charge on any atom is -0.370 e. The largest absolute Gasteiger partial charge is 0.370 e. The summed E-state index contributed by atoms with van der Waals surface area (Å²) in [4.78, 5) is 36.6. The van der Waals surface area contributed by atoms with Gasteiger partial charge in [-0.1, -0.05) is 6.07 Å². The minimum absolute atomic E-state index is 0.0206. The van der Waals surface area contributed by atoms with E-state index in [1.54, 1.807) is 35.5 Å². The van der Waals surface area contributed by atoms with Crippen LogP contribution < -0.4 is 10.6 Å². The van der Waals surface area contributed by atoms with Crippen LogP contribution in [-0.2, 0) is 16.1 Å². The number of nitrogens with zero attached hydrogens (tertiary/aromatic N) is 5. The van der Waals surface area contributed by atoms with Gasteiger partial charge in [0.15, 0.2) is 0 Å². The zero-order chi connectivity index (χ0) is 22.5. The average Bonchev–Trinajstić information content (AvgIpc) is 3.24. The van der Waals surface area contributed by atoms with Crippen LogP contribution in [0, 0.1) is 0 Å². The molecule has 1 fully saturated rings. The van der Waals surface area contributed by atoms with Crippen molar-refractivity contribution in [1.82, 2.24) is 19.4 Å². The number of piperidine rings is 1. The Morgan fingerprint density at radius 2 is 1.94 bits per heavy atom. The lowest BCUT2D eigenvalue weighted by Gasteiger charge is -2.36. The lowest BCUT2D eigenvalue weighted by molar-refractivity contribution is -0.137. The number of hydrogen-bond donors (Lipinski definition) is 1. The molecule has 1 aliphatic heterocycles. The van der Waals surface area contributed by atoms with Crippen molar-refractivity contribution in [3.8, 4) is 0 Å². The van der Waals surface area contributed by atoms with Gasteiger partial charge in [-0.3, -0.25) is 9.59 Å². The Kier molecular flexibility index (Phi) is 6.65. The van der Waals surface area contributed by atoms with E-state index in [1.165, 1.54) is 0 Å². The third-order valence-electron chi connectivity index (χ3n) is 6.00. The van der Waals surface area contributed by atoms with Crippen LogP contribution in [0.15, 0.2) is 48.9 Å². The fourth-order valence-corrected chi connectivity index (χ4v) is 4.07. The lowest BCUT2D eigenvalue weighted by atomic mass is 10.0. The van der Waals surface area contributed by atoms with Crippen molar-refractivity contribution in [3.63, 3.8) is 0 Å². The second-order valence-corrected chi connectivity index (χ2v) is 7.97. The van der Waals surface area contributed by atoms with Crippen molar-refractivity contribution < 1.29 is 14.3 Å². The molecule has 4 rings (SSSR count).